The number of nitrogen functional groups attached to an aromatic ring is 1. The lowest BCUT2D eigenvalue weighted by molar-refractivity contribution is 0.596. The van der Waals surface area contributed by atoms with Gasteiger partial charge < -0.3 is 5.73 Å². The molecule has 0 radical (unpaired) electrons. The van der Waals surface area contributed by atoms with Gasteiger partial charge in [0.15, 0.2) is 9.84 Å². The van der Waals surface area contributed by atoms with Crippen molar-refractivity contribution in [2.45, 2.75) is 11.8 Å². The van der Waals surface area contributed by atoms with E-state index in [0.29, 0.717) is 11.4 Å². The molecule has 0 amide bonds. The second kappa shape index (κ2) is 4.21. The largest absolute Gasteiger partial charge is 0.396 e. The van der Waals surface area contributed by atoms with Gasteiger partial charge in [-0.05, 0) is 12.1 Å². The van der Waals surface area contributed by atoms with Crippen molar-refractivity contribution >= 4 is 15.5 Å². The Bertz CT molecular complexity index is 632. The first kappa shape index (κ1) is 11.7. The molecule has 2 N–H and O–H groups in total. The maximum absolute atomic E-state index is 11.9. The van der Waals surface area contributed by atoms with Crippen molar-refractivity contribution in [1.29, 1.82) is 0 Å². The summed E-state index contributed by atoms with van der Waals surface area (Å²) in [5, 5.41) is 4.02. The molecule has 0 bridgehead atoms. The Labute approximate surface area is 99.8 Å². The topological polar surface area (TPSA) is 78.0 Å². The second-order valence-corrected chi connectivity index (χ2v) is 5.84. The Morgan fingerprint density at radius 3 is 2.65 bits per heavy atom. The van der Waals surface area contributed by atoms with Gasteiger partial charge in [0.05, 0.1) is 34.4 Å². The standard InChI is InChI=1S/C11H13N3O2S/c1-2-17(15,16)11-6-4-3-5-10(11)14-8-9(12)7-13-14/h3-8H,2,12H2,1H3. The molecular formula is C11H13N3O2S. The minimum atomic E-state index is -3.27. The monoisotopic (exact) mass is 251 g/mol. The Hall–Kier alpha value is -1.82. The van der Waals surface area contributed by atoms with E-state index in [1.807, 2.05) is 0 Å². The molecule has 90 valence electrons. The van der Waals surface area contributed by atoms with Crippen LogP contribution in [0, 0.1) is 0 Å². The van der Waals surface area contributed by atoms with Crippen LogP contribution in [-0.2, 0) is 9.84 Å². The number of para-hydroxylation sites is 1. The minimum Gasteiger partial charge on any atom is -0.396 e. The zero-order chi connectivity index (χ0) is 12.5. The summed E-state index contributed by atoms with van der Waals surface area (Å²) in [6, 6.07) is 6.74. The molecule has 1 heterocycles. The molecule has 17 heavy (non-hydrogen) atoms. The summed E-state index contributed by atoms with van der Waals surface area (Å²) in [6.45, 7) is 1.61. The molecular weight excluding hydrogens is 238 g/mol. The molecule has 0 fully saturated rings. The van der Waals surface area contributed by atoms with Crippen LogP contribution in [-0.4, -0.2) is 24.0 Å². The smallest absolute Gasteiger partial charge is 0.180 e. The molecule has 0 aliphatic rings. The van der Waals surface area contributed by atoms with Gasteiger partial charge in [-0.15, -0.1) is 0 Å². The fourth-order valence-corrected chi connectivity index (χ4v) is 2.61. The third-order valence-electron chi connectivity index (χ3n) is 2.43. The number of benzene rings is 1. The average Bonchev–Trinajstić information content (AvgIpc) is 2.76. The van der Waals surface area contributed by atoms with E-state index in [4.69, 9.17) is 5.73 Å². The van der Waals surface area contributed by atoms with E-state index >= 15 is 0 Å². The quantitative estimate of drug-likeness (QED) is 0.890. The van der Waals surface area contributed by atoms with E-state index in [2.05, 4.69) is 5.10 Å². The lowest BCUT2D eigenvalue weighted by atomic mass is 10.3. The molecule has 0 aliphatic carbocycles. The van der Waals surface area contributed by atoms with Crippen molar-refractivity contribution < 1.29 is 8.42 Å². The summed E-state index contributed by atoms with van der Waals surface area (Å²) >= 11 is 0. The fraction of sp³-hybridized carbons (Fsp3) is 0.182. The van der Waals surface area contributed by atoms with Gasteiger partial charge >= 0.3 is 0 Å². The van der Waals surface area contributed by atoms with E-state index in [-0.39, 0.29) is 10.6 Å². The molecule has 2 aromatic rings. The van der Waals surface area contributed by atoms with Crippen LogP contribution in [0.2, 0.25) is 0 Å². The van der Waals surface area contributed by atoms with Gasteiger partial charge in [0.25, 0.3) is 0 Å². The number of aromatic nitrogens is 2. The first-order chi connectivity index (χ1) is 8.04. The van der Waals surface area contributed by atoms with Crippen LogP contribution in [0.25, 0.3) is 5.69 Å². The molecule has 2 rings (SSSR count). The molecule has 0 spiro atoms. The summed E-state index contributed by atoms with van der Waals surface area (Å²) in [5.74, 6) is 0.0563. The highest BCUT2D eigenvalue weighted by molar-refractivity contribution is 7.91. The molecule has 1 aromatic carbocycles. The molecule has 6 heteroatoms. The molecule has 1 aromatic heterocycles. The zero-order valence-corrected chi connectivity index (χ0v) is 10.2. The predicted molar refractivity (Wildman–Crippen MR) is 65.7 cm³/mol. The number of anilines is 1. The van der Waals surface area contributed by atoms with Gasteiger partial charge in [-0.3, -0.25) is 0 Å². The average molecular weight is 251 g/mol. The third-order valence-corrected chi connectivity index (χ3v) is 4.21. The van der Waals surface area contributed by atoms with E-state index in [9.17, 15) is 8.42 Å². The van der Waals surface area contributed by atoms with Crippen molar-refractivity contribution in [3.8, 4) is 5.69 Å². The van der Waals surface area contributed by atoms with Crippen molar-refractivity contribution in [2.24, 2.45) is 0 Å². The summed E-state index contributed by atoms with van der Waals surface area (Å²) in [7, 11) is -3.27. The van der Waals surface area contributed by atoms with Crippen LogP contribution >= 0.6 is 0 Å². The molecule has 0 atom stereocenters. The summed E-state index contributed by atoms with van der Waals surface area (Å²) in [4.78, 5) is 0.269. The Kier molecular flexibility index (Phi) is 2.89. The highest BCUT2D eigenvalue weighted by Crippen LogP contribution is 2.21. The van der Waals surface area contributed by atoms with Gasteiger partial charge in [-0.25, -0.2) is 13.1 Å². The number of sulfone groups is 1. The molecule has 0 unspecified atom stereocenters. The number of hydrogen-bond acceptors (Lipinski definition) is 4. The summed E-state index contributed by atoms with van der Waals surface area (Å²) in [5.41, 5.74) is 6.59. The van der Waals surface area contributed by atoms with Crippen molar-refractivity contribution in [1.82, 2.24) is 9.78 Å². The van der Waals surface area contributed by atoms with Gasteiger partial charge in [-0.1, -0.05) is 19.1 Å². The van der Waals surface area contributed by atoms with Crippen LogP contribution in [0.3, 0.4) is 0 Å². The van der Waals surface area contributed by atoms with Crippen molar-refractivity contribution in [3.05, 3.63) is 36.7 Å². The zero-order valence-electron chi connectivity index (χ0n) is 9.37. The van der Waals surface area contributed by atoms with E-state index in [1.54, 1.807) is 37.4 Å². The van der Waals surface area contributed by atoms with Crippen LogP contribution < -0.4 is 5.73 Å². The van der Waals surface area contributed by atoms with Crippen molar-refractivity contribution in [3.63, 3.8) is 0 Å². The van der Waals surface area contributed by atoms with Crippen LogP contribution in [0.5, 0.6) is 0 Å². The Morgan fingerprint density at radius 1 is 1.35 bits per heavy atom. The highest BCUT2D eigenvalue weighted by atomic mass is 32.2. The molecule has 5 nitrogen and oxygen atoms in total. The minimum absolute atomic E-state index is 0.0563. The van der Waals surface area contributed by atoms with E-state index in [1.165, 1.54) is 10.9 Å². The first-order valence-corrected chi connectivity index (χ1v) is 6.82. The first-order valence-electron chi connectivity index (χ1n) is 5.17. The number of nitrogens with two attached hydrogens (primary N) is 1. The van der Waals surface area contributed by atoms with Gasteiger partial charge in [0.1, 0.15) is 0 Å². The Balaban J connectivity index is 2.64. The Morgan fingerprint density at radius 2 is 2.06 bits per heavy atom. The SMILES string of the molecule is CCS(=O)(=O)c1ccccc1-n1cc(N)cn1. The normalized spacial score (nSPS) is 11.6. The van der Waals surface area contributed by atoms with Gasteiger partial charge in [-0.2, -0.15) is 5.10 Å². The molecule has 0 aliphatic heterocycles. The molecule has 0 saturated carbocycles. The third kappa shape index (κ3) is 2.16. The second-order valence-electron chi connectivity index (χ2n) is 3.59. The lowest BCUT2D eigenvalue weighted by Crippen LogP contribution is -2.09. The van der Waals surface area contributed by atoms with Crippen LogP contribution in [0.4, 0.5) is 5.69 Å². The van der Waals surface area contributed by atoms with Crippen molar-refractivity contribution in [2.75, 3.05) is 11.5 Å². The lowest BCUT2D eigenvalue weighted by Gasteiger charge is -2.08. The van der Waals surface area contributed by atoms with E-state index in [0.717, 1.165) is 0 Å². The number of rotatable bonds is 3. The summed E-state index contributed by atoms with van der Waals surface area (Å²) < 4.78 is 25.3. The number of nitrogens with zero attached hydrogens (tertiary/aromatic N) is 2. The highest BCUT2D eigenvalue weighted by Gasteiger charge is 2.17. The summed E-state index contributed by atoms with van der Waals surface area (Å²) in [6.07, 6.45) is 3.07. The van der Waals surface area contributed by atoms with E-state index < -0.39 is 9.84 Å². The maximum Gasteiger partial charge on any atom is 0.180 e. The fourth-order valence-electron chi connectivity index (χ4n) is 1.53. The maximum atomic E-state index is 11.9. The number of hydrogen-bond donors (Lipinski definition) is 1. The van der Waals surface area contributed by atoms with Crippen LogP contribution in [0.1, 0.15) is 6.92 Å². The van der Waals surface area contributed by atoms with Gasteiger partial charge in [0, 0.05) is 0 Å². The molecule has 0 saturated heterocycles. The van der Waals surface area contributed by atoms with Gasteiger partial charge in [0.2, 0.25) is 0 Å². The predicted octanol–water partition coefficient (Wildman–Crippen LogP) is 1.25. The van der Waals surface area contributed by atoms with Crippen LogP contribution in [0.15, 0.2) is 41.6 Å².